The summed E-state index contributed by atoms with van der Waals surface area (Å²) in [6, 6.07) is -0.673. The van der Waals surface area contributed by atoms with Crippen LogP contribution in [0.25, 0.3) is 0 Å². The summed E-state index contributed by atoms with van der Waals surface area (Å²) in [6.45, 7) is 2.66. The van der Waals surface area contributed by atoms with Gasteiger partial charge >= 0.3 is 11.9 Å². The standard InChI is InChI=1S/C43H71N9O14S/c1-26(43(2,3)65)38(60)51-32(22-53)41(63)52-33(42(64)49-29(17-18-44)39(61)47-19-11-9-7-5-4-6-8-10-12-35(55)56)24-67-25-34(54)48-31(21-45)40(62)50-30(37(46)59)20-27-13-15-28(16-14-27)66-23-36(57)58/h13-16,26,29-33,53,65H,4-12,17-25,44-45H2,1-3H3,(H2,46,59)(H,47,61)(H,48,54)(H,49,64)(H,50,62)(H,51,60)(H,52,63)(H,55,56)(H,57,58)/t26-,29+,30+,31+,32+,33+/m1/s1. The fourth-order valence-corrected chi connectivity index (χ4v) is 6.96. The minimum atomic E-state index is -1.56. The van der Waals surface area contributed by atoms with Crippen LogP contribution in [0.1, 0.15) is 90.5 Å². The van der Waals surface area contributed by atoms with Crippen molar-refractivity contribution in [2.24, 2.45) is 23.1 Å². The lowest BCUT2D eigenvalue weighted by atomic mass is 9.92. The van der Waals surface area contributed by atoms with Crippen LogP contribution in [0.5, 0.6) is 5.75 Å². The zero-order chi connectivity index (χ0) is 50.5. The van der Waals surface area contributed by atoms with E-state index in [1.807, 2.05) is 0 Å². The molecule has 0 aliphatic rings. The van der Waals surface area contributed by atoms with E-state index in [-0.39, 0.29) is 43.1 Å². The highest BCUT2D eigenvalue weighted by Gasteiger charge is 2.34. The van der Waals surface area contributed by atoms with Gasteiger partial charge in [0.2, 0.25) is 41.4 Å². The van der Waals surface area contributed by atoms with Crippen molar-refractivity contribution in [2.75, 3.05) is 44.4 Å². The van der Waals surface area contributed by atoms with Crippen LogP contribution in [0.2, 0.25) is 0 Å². The van der Waals surface area contributed by atoms with Gasteiger partial charge in [0, 0.05) is 31.7 Å². The molecular formula is C43H71N9O14S. The van der Waals surface area contributed by atoms with Gasteiger partial charge in [0.05, 0.1) is 23.9 Å². The third-order valence-electron chi connectivity index (χ3n) is 10.4. The molecule has 0 radical (unpaired) electrons. The lowest BCUT2D eigenvalue weighted by molar-refractivity contribution is -0.139. The molecule has 0 saturated heterocycles. The van der Waals surface area contributed by atoms with Crippen LogP contribution in [-0.4, -0.2) is 154 Å². The van der Waals surface area contributed by atoms with Crippen LogP contribution in [0.15, 0.2) is 24.3 Å². The van der Waals surface area contributed by atoms with E-state index in [0.29, 0.717) is 24.9 Å². The molecule has 0 aromatic heterocycles. The highest BCUT2D eigenvalue weighted by atomic mass is 32.2. The third-order valence-corrected chi connectivity index (χ3v) is 11.4. The maximum absolute atomic E-state index is 13.8. The van der Waals surface area contributed by atoms with Gasteiger partial charge in [-0.25, -0.2) is 4.79 Å². The van der Waals surface area contributed by atoms with Crippen molar-refractivity contribution in [3.63, 3.8) is 0 Å². The predicted molar refractivity (Wildman–Crippen MR) is 247 cm³/mol. The van der Waals surface area contributed by atoms with Crippen LogP contribution >= 0.6 is 11.8 Å². The second-order valence-corrected chi connectivity index (χ2v) is 17.5. The van der Waals surface area contributed by atoms with Crippen LogP contribution in [0.4, 0.5) is 0 Å². The summed E-state index contributed by atoms with van der Waals surface area (Å²) in [7, 11) is 0. The van der Waals surface area contributed by atoms with E-state index in [0.717, 1.165) is 50.3 Å². The average Bonchev–Trinajstić information content (AvgIpc) is 3.26. The number of thioether (sulfide) groups is 1. The van der Waals surface area contributed by atoms with E-state index < -0.39 is 115 Å². The van der Waals surface area contributed by atoms with Crippen molar-refractivity contribution < 1.29 is 68.3 Å². The molecule has 24 heteroatoms. The number of unbranched alkanes of at least 4 members (excludes halogenated alkanes) is 7. The quantitative estimate of drug-likeness (QED) is 0.0316. The monoisotopic (exact) mass is 969 g/mol. The molecule has 0 heterocycles. The number of aliphatic hydroxyl groups excluding tert-OH is 1. The Morgan fingerprint density at radius 1 is 0.687 bits per heavy atom. The van der Waals surface area contributed by atoms with Crippen molar-refractivity contribution in [1.82, 2.24) is 31.9 Å². The van der Waals surface area contributed by atoms with Crippen LogP contribution < -0.4 is 53.8 Å². The molecule has 1 aromatic carbocycles. The number of carboxylic acids is 2. The summed E-state index contributed by atoms with van der Waals surface area (Å²) in [6.07, 6.45) is 6.91. The van der Waals surface area contributed by atoms with Gasteiger partial charge in [-0.15, -0.1) is 11.8 Å². The molecule has 0 fully saturated rings. The molecule has 23 nitrogen and oxygen atoms in total. The smallest absolute Gasteiger partial charge is 0.341 e. The first kappa shape index (κ1) is 59.5. The number of ether oxygens (including phenoxy) is 1. The normalized spacial score (nSPS) is 13.9. The fraction of sp³-hybridized carbons (Fsp3) is 0.651. The zero-order valence-corrected chi connectivity index (χ0v) is 39.3. The molecule has 16 N–H and O–H groups in total. The molecule has 0 saturated carbocycles. The molecular weight excluding hydrogens is 899 g/mol. The molecule has 0 aliphatic heterocycles. The molecule has 0 unspecified atom stereocenters. The minimum Gasteiger partial charge on any atom is -0.482 e. The summed E-state index contributed by atoms with van der Waals surface area (Å²) < 4.78 is 5.09. The molecule has 67 heavy (non-hydrogen) atoms. The number of hydrogen-bond acceptors (Lipinski definition) is 15. The number of benzene rings is 1. The number of aliphatic hydroxyl groups is 2. The van der Waals surface area contributed by atoms with Gasteiger partial charge in [-0.3, -0.25) is 38.4 Å². The van der Waals surface area contributed by atoms with Gasteiger partial charge in [-0.2, -0.15) is 0 Å². The van der Waals surface area contributed by atoms with Crippen LogP contribution in [0, 0.1) is 5.92 Å². The second kappa shape index (κ2) is 32.2. The van der Waals surface area contributed by atoms with E-state index in [9.17, 15) is 53.4 Å². The molecule has 378 valence electrons. The number of carboxylic acid groups (broad SMARTS) is 2. The Labute approximate surface area is 394 Å². The van der Waals surface area contributed by atoms with Gasteiger partial charge in [-0.1, -0.05) is 57.6 Å². The number of aliphatic carboxylic acids is 2. The van der Waals surface area contributed by atoms with Gasteiger partial charge < -0.3 is 74.3 Å². The Morgan fingerprint density at radius 2 is 1.22 bits per heavy atom. The summed E-state index contributed by atoms with van der Waals surface area (Å²) >= 11 is 0.842. The maximum atomic E-state index is 13.8. The lowest BCUT2D eigenvalue weighted by Crippen LogP contribution is -2.59. The highest BCUT2D eigenvalue weighted by Crippen LogP contribution is 2.17. The van der Waals surface area contributed by atoms with E-state index >= 15 is 0 Å². The highest BCUT2D eigenvalue weighted by molar-refractivity contribution is 8.00. The first-order valence-electron chi connectivity index (χ1n) is 22.2. The fourth-order valence-electron chi connectivity index (χ4n) is 6.11. The van der Waals surface area contributed by atoms with E-state index in [1.165, 1.54) is 32.9 Å². The Morgan fingerprint density at radius 3 is 1.76 bits per heavy atom. The van der Waals surface area contributed by atoms with Gasteiger partial charge in [0.15, 0.2) is 6.61 Å². The van der Waals surface area contributed by atoms with E-state index in [2.05, 4.69) is 31.9 Å². The van der Waals surface area contributed by atoms with Gasteiger partial charge in [0.1, 0.15) is 36.0 Å². The van der Waals surface area contributed by atoms with Crippen molar-refractivity contribution in [3.8, 4) is 5.75 Å². The third kappa shape index (κ3) is 25.2. The number of carbonyl (C=O) groups is 9. The number of carbonyl (C=O) groups excluding carboxylic acids is 7. The minimum absolute atomic E-state index is 0.00354. The second-order valence-electron chi connectivity index (χ2n) is 16.4. The molecule has 0 aliphatic carbocycles. The summed E-state index contributed by atoms with van der Waals surface area (Å²) in [5, 5.41) is 52.9. The lowest BCUT2D eigenvalue weighted by Gasteiger charge is -2.28. The Balaban J connectivity index is 3.00. The van der Waals surface area contributed by atoms with Crippen molar-refractivity contribution in [3.05, 3.63) is 29.8 Å². The average molecular weight is 970 g/mol. The van der Waals surface area contributed by atoms with E-state index in [4.69, 9.17) is 32.2 Å². The number of nitrogens with one attached hydrogen (secondary N) is 6. The van der Waals surface area contributed by atoms with Gasteiger partial charge in [0.25, 0.3) is 0 Å². The molecule has 0 spiro atoms. The molecule has 1 rings (SSSR count). The Bertz CT molecular complexity index is 1770. The van der Waals surface area contributed by atoms with Gasteiger partial charge in [-0.05, 0) is 57.4 Å². The van der Waals surface area contributed by atoms with Crippen LogP contribution in [-0.2, 0) is 49.6 Å². The van der Waals surface area contributed by atoms with Crippen LogP contribution in [0.3, 0.4) is 0 Å². The first-order chi connectivity index (χ1) is 31.6. The van der Waals surface area contributed by atoms with Crippen molar-refractivity contribution in [2.45, 2.75) is 127 Å². The summed E-state index contributed by atoms with van der Waals surface area (Å²) in [5.74, 6) is -9.00. The number of amides is 7. The molecule has 6 atom stereocenters. The largest absolute Gasteiger partial charge is 0.482 e. The maximum Gasteiger partial charge on any atom is 0.341 e. The number of hydrogen-bond donors (Lipinski definition) is 13. The molecule has 1 aromatic rings. The first-order valence-corrected chi connectivity index (χ1v) is 23.3. The van der Waals surface area contributed by atoms with Crippen molar-refractivity contribution in [1.29, 1.82) is 0 Å². The molecule has 0 bridgehead atoms. The topological polar surface area (TPSA) is 394 Å². The SMILES string of the molecule is C[C@H](C(=O)N[C@@H](CO)C(=O)N[C@@H](CSCC(=O)N[C@@H](CN)C(=O)N[C@@H](Cc1ccc(OCC(=O)O)cc1)C(N)=O)C(=O)N[C@@H](CCN)C(=O)NCCCCCCCCCCC(=O)O)C(C)(C)O. The zero-order valence-electron chi connectivity index (χ0n) is 38.5. The van der Waals surface area contributed by atoms with Crippen molar-refractivity contribution >= 4 is 65.1 Å². The summed E-state index contributed by atoms with van der Waals surface area (Å²) in [5.41, 5.74) is 16.1. The van der Waals surface area contributed by atoms with E-state index in [1.54, 1.807) is 12.1 Å². The summed E-state index contributed by atoms with van der Waals surface area (Å²) in [4.78, 5) is 113. The Hall–Kier alpha value is -5.56. The number of primary amides is 1. The molecule has 7 amide bonds. The number of nitrogens with two attached hydrogens (primary N) is 3. The Kier molecular flexibility index (Phi) is 28.6. The predicted octanol–water partition coefficient (Wildman–Crippen LogP) is -2.25. The number of rotatable bonds is 36.